The molecule has 0 bridgehead atoms. The van der Waals surface area contributed by atoms with E-state index in [4.69, 9.17) is 23.2 Å². The van der Waals surface area contributed by atoms with Gasteiger partial charge < -0.3 is 0 Å². The predicted octanol–water partition coefficient (Wildman–Crippen LogP) is 4.87. The topological polar surface area (TPSA) is 78.8 Å². The maximum Gasteiger partial charge on any atom is 0.264 e. The molecule has 10 heteroatoms. The van der Waals surface area contributed by atoms with Crippen molar-refractivity contribution in [2.24, 2.45) is 5.10 Å². The molecule has 0 heterocycles. The Balaban J connectivity index is 1.90. The van der Waals surface area contributed by atoms with Gasteiger partial charge >= 0.3 is 0 Å². The molecule has 0 unspecified atom stereocenters. The van der Waals surface area contributed by atoms with Crippen LogP contribution in [-0.2, 0) is 14.8 Å². The first-order valence-electron chi connectivity index (χ1n) is 9.31. The Morgan fingerprint density at radius 2 is 1.66 bits per heavy atom. The van der Waals surface area contributed by atoms with Crippen molar-refractivity contribution < 1.29 is 17.6 Å². The van der Waals surface area contributed by atoms with Gasteiger partial charge in [-0.3, -0.25) is 9.10 Å². The third-order valence-corrected chi connectivity index (χ3v) is 7.01. The first-order chi connectivity index (χ1) is 15.2. The molecule has 0 saturated carbocycles. The van der Waals surface area contributed by atoms with Crippen molar-refractivity contribution in [3.63, 3.8) is 0 Å². The summed E-state index contributed by atoms with van der Waals surface area (Å²) < 4.78 is 40.6. The van der Waals surface area contributed by atoms with Crippen LogP contribution in [0.3, 0.4) is 0 Å². The van der Waals surface area contributed by atoms with Gasteiger partial charge in [-0.1, -0.05) is 59.6 Å². The zero-order valence-electron chi connectivity index (χ0n) is 16.8. The molecule has 166 valence electrons. The minimum Gasteiger partial charge on any atom is -0.271 e. The van der Waals surface area contributed by atoms with Crippen molar-refractivity contribution >= 4 is 50.5 Å². The number of hydrogen-bond donors (Lipinski definition) is 1. The van der Waals surface area contributed by atoms with Crippen LogP contribution in [0.4, 0.5) is 10.1 Å². The van der Waals surface area contributed by atoms with E-state index in [0.29, 0.717) is 11.3 Å². The fourth-order valence-electron chi connectivity index (χ4n) is 2.77. The van der Waals surface area contributed by atoms with Crippen LogP contribution in [0.25, 0.3) is 0 Å². The minimum absolute atomic E-state index is 0.00698. The molecule has 0 aromatic heterocycles. The van der Waals surface area contributed by atoms with Crippen LogP contribution in [0.5, 0.6) is 0 Å². The van der Waals surface area contributed by atoms with Gasteiger partial charge in [-0.25, -0.2) is 18.2 Å². The normalized spacial score (nSPS) is 11.8. The second-order valence-corrected chi connectivity index (χ2v) is 9.28. The fraction of sp³-hybridized carbons (Fsp3) is 0.0909. The molecule has 0 atom stereocenters. The van der Waals surface area contributed by atoms with Gasteiger partial charge in [-0.15, -0.1) is 0 Å². The van der Waals surface area contributed by atoms with Crippen LogP contribution in [0.15, 0.2) is 82.8 Å². The van der Waals surface area contributed by atoms with Crippen molar-refractivity contribution in [3.8, 4) is 0 Å². The zero-order chi connectivity index (χ0) is 23.3. The van der Waals surface area contributed by atoms with Gasteiger partial charge in [0.25, 0.3) is 15.9 Å². The number of hydrogen-bond acceptors (Lipinski definition) is 4. The number of benzene rings is 3. The summed E-state index contributed by atoms with van der Waals surface area (Å²) in [6.45, 7) is 1.03. The number of halogens is 3. The molecule has 32 heavy (non-hydrogen) atoms. The summed E-state index contributed by atoms with van der Waals surface area (Å²) in [4.78, 5) is 12.6. The van der Waals surface area contributed by atoms with Gasteiger partial charge in [0.05, 0.1) is 26.3 Å². The van der Waals surface area contributed by atoms with Crippen LogP contribution < -0.4 is 9.73 Å². The maximum atomic E-state index is 13.3. The Morgan fingerprint density at radius 1 is 1.00 bits per heavy atom. The van der Waals surface area contributed by atoms with Gasteiger partial charge in [0.2, 0.25) is 0 Å². The monoisotopic (exact) mass is 493 g/mol. The zero-order valence-corrected chi connectivity index (χ0v) is 19.1. The molecular weight excluding hydrogens is 476 g/mol. The number of carbonyl (C=O) groups is 1. The number of nitrogens with zero attached hydrogens (tertiary/aromatic N) is 2. The number of amides is 1. The van der Waals surface area contributed by atoms with Gasteiger partial charge in [-0.05, 0) is 48.9 Å². The Hall–Kier alpha value is -2.94. The lowest BCUT2D eigenvalue weighted by Crippen LogP contribution is -2.40. The Morgan fingerprint density at radius 3 is 2.31 bits per heavy atom. The number of rotatable bonds is 7. The number of carbonyl (C=O) groups excluding carboxylic acids is 1. The summed E-state index contributed by atoms with van der Waals surface area (Å²) in [6, 6.07) is 17.7. The van der Waals surface area contributed by atoms with E-state index in [-0.39, 0.29) is 20.6 Å². The van der Waals surface area contributed by atoms with Gasteiger partial charge in [-0.2, -0.15) is 5.10 Å². The van der Waals surface area contributed by atoms with Gasteiger partial charge in [0.15, 0.2) is 0 Å². The van der Waals surface area contributed by atoms with Crippen molar-refractivity contribution in [1.29, 1.82) is 0 Å². The summed E-state index contributed by atoms with van der Waals surface area (Å²) in [7, 11) is -4.14. The summed E-state index contributed by atoms with van der Waals surface area (Å²) >= 11 is 12.3. The smallest absolute Gasteiger partial charge is 0.264 e. The second-order valence-electron chi connectivity index (χ2n) is 6.64. The number of sulfonamides is 1. The second kappa shape index (κ2) is 10.1. The fourth-order valence-corrected chi connectivity index (χ4v) is 4.67. The highest BCUT2D eigenvalue weighted by molar-refractivity contribution is 7.92. The van der Waals surface area contributed by atoms with Gasteiger partial charge in [0.1, 0.15) is 12.4 Å². The third kappa shape index (κ3) is 5.45. The Bertz CT molecular complexity index is 1250. The number of nitrogens with one attached hydrogen (secondary N) is 1. The van der Waals surface area contributed by atoms with Crippen LogP contribution in [0.1, 0.15) is 12.5 Å². The van der Waals surface area contributed by atoms with E-state index in [0.717, 1.165) is 4.31 Å². The van der Waals surface area contributed by atoms with E-state index >= 15 is 0 Å². The van der Waals surface area contributed by atoms with E-state index in [1.54, 1.807) is 25.1 Å². The molecule has 1 N–H and O–H groups in total. The molecule has 0 spiro atoms. The molecule has 0 aliphatic heterocycles. The molecule has 0 saturated heterocycles. The van der Waals surface area contributed by atoms with E-state index in [9.17, 15) is 17.6 Å². The largest absolute Gasteiger partial charge is 0.271 e. The molecule has 0 aliphatic carbocycles. The SMILES string of the molecule is C/C(=N/NC(=O)CN(c1cccc(Cl)c1Cl)S(=O)(=O)c1ccccc1)c1ccc(F)cc1. The predicted molar refractivity (Wildman–Crippen MR) is 124 cm³/mol. The lowest BCUT2D eigenvalue weighted by molar-refractivity contribution is -0.119. The lowest BCUT2D eigenvalue weighted by atomic mass is 10.1. The Kier molecular flexibility index (Phi) is 7.50. The number of anilines is 1. The molecule has 0 radical (unpaired) electrons. The standard InChI is InChI=1S/C22H18Cl2FN3O3S/c1-15(16-10-12-17(25)13-11-16)26-27-21(29)14-28(20-9-5-8-19(23)22(20)24)32(30,31)18-6-3-2-4-7-18/h2-13H,14H2,1H3,(H,27,29)/b26-15-. The first-order valence-corrected chi connectivity index (χ1v) is 11.5. The van der Waals surface area contributed by atoms with Crippen molar-refractivity contribution in [1.82, 2.24) is 5.43 Å². The van der Waals surface area contributed by atoms with Crippen LogP contribution >= 0.6 is 23.2 Å². The maximum absolute atomic E-state index is 13.3. The van der Waals surface area contributed by atoms with E-state index in [1.165, 1.54) is 54.6 Å². The molecule has 1 amide bonds. The molecule has 3 aromatic carbocycles. The van der Waals surface area contributed by atoms with E-state index in [1.807, 2.05) is 0 Å². The molecule has 6 nitrogen and oxygen atoms in total. The van der Waals surface area contributed by atoms with Crippen molar-refractivity contribution in [3.05, 3.63) is 94.2 Å². The van der Waals surface area contributed by atoms with Gasteiger partial charge in [0, 0.05) is 0 Å². The average Bonchev–Trinajstić information content (AvgIpc) is 2.79. The molecule has 3 rings (SSSR count). The highest BCUT2D eigenvalue weighted by Crippen LogP contribution is 2.35. The van der Waals surface area contributed by atoms with E-state index in [2.05, 4.69) is 10.5 Å². The molecule has 3 aromatic rings. The van der Waals surface area contributed by atoms with E-state index < -0.39 is 28.3 Å². The molecular formula is C22H18Cl2FN3O3S. The summed E-state index contributed by atoms with van der Waals surface area (Å²) in [5.74, 6) is -1.10. The molecule has 0 fully saturated rings. The van der Waals surface area contributed by atoms with Crippen LogP contribution in [0, 0.1) is 5.82 Å². The minimum atomic E-state index is -4.14. The van der Waals surface area contributed by atoms with Crippen molar-refractivity contribution in [2.75, 3.05) is 10.8 Å². The highest BCUT2D eigenvalue weighted by atomic mass is 35.5. The van der Waals surface area contributed by atoms with Crippen LogP contribution in [0.2, 0.25) is 10.0 Å². The van der Waals surface area contributed by atoms with Crippen molar-refractivity contribution in [2.45, 2.75) is 11.8 Å². The summed E-state index contributed by atoms with van der Waals surface area (Å²) in [5, 5.41) is 4.11. The highest BCUT2D eigenvalue weighted by Gasteiger charge is 2.29. The summed E-state index contributed by atoms with van der Waals surface area (Å²) in [6.07, 6.45) is 0. The van der Waals surface area contributed by atoms with Crippen LogP contribution in [-0.4, -0.2) is 26.6 Å². The lowest BCUT2D eigenvalue weighted by Gasteiger charge is -2.25. The third-order valence-electron chi connectivity index (χ3n) is 4.43. The first kappa shape index (κ1) is 23.7. The number of hydrazone groups is 1. The molecule has 0 aliphatic rings. The average molecular weight is 494 g/mol. The summed E-state index contributed by atoms with van der Waals surface area (Å²) in [5.41, 5.74) is 3.39. The Labute approximate surface area is 195 Å². The quantitative estimate of drug-likeness (QED) is 0.376.